The summed E-state index contributed by atoms with van der Waals surface area (Å²) in [5, 5.41) is 18.6. The first-order chi connectivity index (χ1) is 7.58. The van der Waals surface area contributed by atoms with Gasteiger partial charge in [-0.1, -0.05) is 11.6 Å². The average molecular weight is 238 g/mol. The molecule has 1 aromatic heterocycles. The van der Waals surface area contributed by atoms with E-state index >= 15 is 0 Å². The molecular formula is C10H8ClN3O2. The molecule has 1 aromatic carbocycles. The molecule has 5 nitrogen and oxygen atoms in total. The third-order valence-corrected chi connectivity index (χ3v) is 2.42. The minimum atomic E-state index is -0.447. The van der Waals surface area contributed by atoms with Gasteiger partial charge in [-0.25, -0.2) is 0 Å². The van der Waals surface area contributed by atoms with Gasteiger partial charge in [-0.15, -0.1) is 0 Å². The number of nitro groups is 1. The van der Waals surface area contributed by atoms with Gasteiger partial charge in [0.2, 0.25) is 5.70 Å². The lowest BCUT2D eigenvalue weighted by atomic mass is 10.2. The highest BCUT2D eigenvalue weighted by Gasteiger charge is 2.08. The fourth-order valence-corrected chi connectivity index (χ4v) is 1.55. The van der Waals surface area contributed by atoms with Crippen molar-refractivity contribution in [3.05, 3.63) is 44.7 Å². The molecule has 0 atom stereocenters. The maximum Gasteiger partial charge on any atom is 0.245 e. The monoisotopic (exact) mass is 237 g/mol. The van der Waals surface area contributed by atoms with Gasteiger partial charge in [0, 0.05) is 23.4 Å². The molecule has 0 saturated heterocycles. The van der Waals surface area contributed by atoms with Gasteiger partial charge >= 0.3 is 0 Å². The fraction of sp³-hybridized carbons (Fsp3) is 0.100. The molecule has 0 fully saturated rings. The zero-order valence-electron chi connectivity index (χ0n) is 8.40. The van der Waals surface area contributed by atoms with Crippen molar-refractivity contribution < 1.29 is 4.92 Å². The van der Waals surface area contributed by atoms with Crippen molar-refractivity contribution in [1.29, 1.82) is 0 Å². The quantitative estimate of drug-likeness (QED) is 0.645. The molecule has 0 bridgehead atoms. The number of aromatic amines is 1. The first-order valence-electron chi connectivity index (χ1n) is 4.54. The zero-order chi connectivity index (χ0) is 11.7. The highest BCUT2D eigenvalue weighted by molar-refractivity contribution is 6.31. The van der Waals surface area contributed by atoms with Crippen molar-refractivity contribution in [2.75, 3.05) is 0 Å². The number of hydrogen-bond donors (Lipinski definition) is 1. The highest BCUT2D eigenvalue weighted by Crippen LogP contribution is 2.22. The molecule has 1 heterocycles. The van der Waals surface area contributed by atoms with Gasteiger partial charge in [-0.2, -0.15) is 5.10 Å². The second-order valence-corrected chi connectivity index (χ2v) is 3.78. The van der Waals surface area contributed by atoms with Crippen molar-refractivity contribution in [2.45, 2.75) is 6.92 Å². The lowest BCUT2D eigenvalue weighted by Crippen LogP contribution is -1.93. The third-order valence-electron chi connectivity index (χ3n) is 2.19. The average Bonchev–Trinajstić information content (AvgIpc) is 2.61. The summed E-state index contributed by atoms with van der Waals surface area (Å²) in [5.74, 6) is 0. The summed E-state index contributed by atoms with van der Waals surface area (Å²) in [4.78, 5) is 10.1. The first-order valence-corrected chi connectivity index (χ1v) is 4.92. The summed E-state index contributed by atoms with van der Waals surface area (Å²) in [6.45, 7) is 1.43. The second kappa shape index (κ2) is 3.94. The molecule has 82 valence electrons. The van der Waals surface area contributed by atoms with Gasteiger partial charge < -0.3 is 0 Å². The molecular weight excluding hydrogens is 230 g/mol. The van der Waals surface area contributed by atoms with Crippen LogP contribution in [0.4, 0.5) is 0 Å². The molecule has 2 rings (SSSR count). The van der Waals surface area contributed by atoms with E-state index in [0.717, 1.165) is 10.9 Å². The van der Waals surface area contributed by atoms with Crippen LogP contribution in [0.15, 0.2) is 23.9 Å². The molecule has 0 radical (unpaired) electrons. The number of benzene rings is 1. The zero-order valence-corrected chi connectivity index (χ0v) is 9.15. The van der Waals surface area contributed by atoms with E-state index in [-0.39, 0.29) is 5.70 Å². The van der Waals surface area contributed by atoms with Crippen molar-refractivity contribution in [2.24, 2.45) is 0 Å². The molecule has 6 heteroatoms. The van der Waals surface area contributed by atoms with E-state index in [9.17, 15) is 10.1 Å². The first kappa shape index (κ1) is 10.6. The minimum Gasteiger partial charge on any atom is -0.277 e. The topological polar surface area (TPSA) is 71.8 Å². The molecule has 0 unspecified atom stereocenters. The van der Waals surface area contributed by atoms with Crippen LogP contribution in [0.2, 0.25) is 5.02 Å². The van der Waals surface area contributed by atoms with E-state index in [1.165, 1.54) is 13.0 Å². The summed E-state index contributed by atoms with van der Waals surface area (Å²) in [7, 11) is 0. The van der Waals surface area contributed by atoms with Gasteiger partial charge in [0.1, 0.15) is 0 Å². The Bertz CT molecular complexity index is 589. The van der Waals surface area contributed by atoms with Crippen LogP contribution >= 0.6 is 11.6 Å². The molecule has 0 aliphatic rings. The Labute approximate surface area is 95.9 Å². The number of fused-ring (bicyclic) bond motifs is 1. The number of H-pyrrole nitrogens is 1. The van der Waals surface area contributed by atoms with Crippen LogP contribution in [0.3, 0.4) is 0 Å². The van der Waals surface area contributed by atoms with Gasteiger partial charge in [-0.3, -0.25) is 15.2 Å². The number of hydrogen-bond acceptors (Lipinski definition) is 3. The maximum atomic E-state index is 10.5. The lowest BCUT2D eigenvalue weighted by molar-refractivity contribution is -0.422. The van der Waals surface area contributed by atoms with Crippen LogP contribution in [0.5, 0.6) is 0 Å². The molecule has 0 aliphatic heterocycles. The van der Waals surface area contributed by atoms with Crippen LogP contribution in [-0.4, -0.2) is 15.1 Å². The Hall–Kier alpha value is -1.88. The molecule has 0 saturated carbocycles. The molecule has 1 N–H and O–H groups in total. The predicted octanol–water partition coefficient (Wildman–Crippen LogP) is 2.85. The van der Waals surface area contributed by atoms with Crippen LogP contribution in [-0.2, 0) is 0 Å². The number of nitrogens with zero attached hydrogens (tertiary/aromatic N) is 2. The Morgan fingerprint density at radius 1 is 1.62 bits per heavy atom. The molecule has 2 aromatic rings. The van der Waals surface area contributed by atoms with Crippen molar-refractivity contribution >= 4 is 28.6 Å². The number of aromatic nitrogens is 2. The third kappa shape index (κ3) is 1.90. The Kier molecular flexibility index (Phi) is 2.62. The highest BCUT2D eigenvalue weighted by atomic mass is 35.5. The standard InChI is InChI=1S/C10H8ClN3O2/c1-6(14(15)16)4-10-8-5-7(11)2-3-9(8)12-13-10/h2-5H,1H3,(H,12,13). The van der Waals surface area contributed by atoms with Crippen LogP contribution in [0.1, 0.15) is 12.6 Å². The Morgan fingerprint density at radius 3 is 3.06 bits per heavy atom. The Balaban J connectivity index is 2.57. The van der Waals surface area contributed by atoms with Gasteiger partial charge in [0.15, 0.2) is 0 Å². The molecule has 16 heavy (non-hydrogen) atoms. The Morgan fingerprint density at radius 2 is 2.38 bits per heavy atom. The van der Waals surface area contributed by atoms with Gasteiger partial charge in [0.05, 0.1) is 16.1 Å². The van der Waals surface area contributed by atoms with Crippen molar-refractivity contribution in [3.8, 4) is 0 Å². The van der Waals surface area contributed by atoms with E-state index in [1.54, 1.807) is 18.2 Å². The number of nitrogens with one attached hydrogen (secondary N) is 1. The van der Waals surface area contributed by atoms with E-state index < -0.39 is 4.92 Å². The number of allylic oxidation sites excluding steroid dienone is 1. The minimum absolute atomic E-state index is 0.0468. The van der Waals surface area contributed by atoms with Crippen molar-refractivity contribution in [3.63, 3.8) is 0 Å². The van der Waals surface area contributed by atoms with Gasteiger partial charge in [0.25, 0.3) is 0 Å². The summed E-state index contributed by atoms with van der Waals surface area (Å²) >= 11 is 5.85. The van der Waals surface area contributed by atoms with E-state index in [1.807, 2.05) is 0 Å². The normalized spacial score (nSPS) is 12.0. The van der Waals surface area contributed by atoms with Crippen LogP contribution < -0.4 is 0 Å². The second-order valence-electron chi connectivity index (χ2n) is 3.34. The smallest absolute Gasteiger partial charge is 0.245 e. The maximum absolute atomic E-state index is 10.5. The predicted molar refractivity (Wildman–Crippen MR) is 61.7 cm³/mol. The van der Waals surface area contributed by atoms with Crippen LogP contribution in [0.25, 0.3) is 17.0 Å². The summed E-state index contributed by atoms with van der Waals surface area (Å²) in [6, 6.07) is 5.20. The molecule has 0 spiro atoms. The van der Waals surface area contributed by atoms with Crippen LogP contribution in [0, 0.1) is 10.1 Å². The molecule has 0 amide bonds. The summed E-state index contributed by atoms with van der Waals surface area (Å²) < 4.78 is 0. The van der Waals surface area contributed by atoms with Crippen molar-refractivity contribution in [1.82, 2.24) is 10.2 Å². The van der Waals surface area contributed by atoms with Gasteiger partial charge in [-0.05, 0) is 18.2 Å². The summed E-state index contributed by atoms with van der Waals surface area (Å²) in [6.07, 6.45) is 1.44. The SMILES string of the molecule is CC(=Cc1[nH]nc2ccc(Cl)cc12)[N+](=O)[O-]. The van der Waals surface area contributed by atoms with E-state index in [4.69, 9.17) is 11.6 Å². The van der Waals surface area contributed by atoms with E-state index in [2.05, 4.69) is 10.2 Å². The van der Waals surface area contributed by atoms with E-state index in [0.29, 0.717) is 10.7 Å². The fourth-order valence-electron chi connectivity index (χ4n) is 1.37. The largest absolute Gasteiger partial charge is 0.277 e. The molecule has 0 aliphatic carbocycles. The lowest BCUT2D eigenvalue weighted by Gasteiger charge is -1.92. The summed E-state index contributed by atoms with van der Waals surface area (Å²) in [5.41, 5.74) is 1.36. The number of rotatable bonds is 2. The number of halogens is 1.